The lowest BCUT2D eigenvalue weighted by molar-refractivity contribution is 0.730. The summed E-state index contributed by atoms with van der Waals surface area (Å²) < 4.78 is 3.49. The van der Waals surface area contributed by atoms with Gasteiger partial charge in [0.15, 0.2) is 0 Å². The molecule has 0 aliphatic carbocycles. The Labute approximate surface area is 131 Å². The van der Waals surface area contributed by atoms with Gasteiger partial charge in [0.2, 0.25) is 0 Å². The molecule has 20 heavy (non-hydrogen) atoms. The first-order valence-electron chi connectivity index (χ1n) is 6.78. The maximum absolute atomic E-state index is 3.52. The van der Waals surface area contributed by atoms with E-state index in [1.54, 1.807) is 11.3 Å². The quantitative estimate of drug-likeness (QED) is 0.711. The van der Waals surface area contributed by atoms with Gasteiger partial charge in [-0.1, -0.05) is 19.1 Å². The van der Waals surface area contributed by atoms with Crippen molar-refractivity contribution in [2.75, 3.05) is 6.54 Å². The highest BCUT2D eigenvalue weighted by Crippen LogP contribution is 2.24. The van der Waals surface area contributed by atoms with Crippen molar-refractivity contribution in [1.82, 2.24) is 9.88 Å². The van der Waals surface area contributed by atoms with E-state index in [0.717, 1.165) is 19.6 Å². The summed E-state index contributed by atoms with van der Waals surface area (Å²) in [6.07, 6.45) is 2.19. The largest absolute Gasteiger partial charge is 0.342 e. The predicted octanol–water partition coefficient (Wildman–Crippen LogP) is 4.62. The van der Waals surface area contributed by atoms with E-state index in [4.69, 9.17) is 0 Å². The predicted molar refractivity (Wildman–Crippen MR) is 90.4 cm³/mol. The Hall–Kier alpha value is -1.10. The fourth-order valence-electron chi connectivity index (χ4n) is 2.44. The van der Waals surface area contributed by atoms with Crippen LogP contribution in [0.15, 0.2) is 46.4 Å². The highest BCUT2D eigenvalue weighted by Gasteiger charge is 2.06. The minimum absolute atomic E-state index is 0.933. The molecule has 3 rings (SSSR count). The second-order valence-electron chi connectivity index (χ2n) is 4.81. The van der Waals surface area contributed by atoms with Crippen molar-refractivity contribution in [1.29, 1.82) is 0 Å². The van der Waals surface area contributed by atoms with Crippen molar-refractivity contribution in [3.8, 4) is 0 Å². The number of thiophene rings is 1. The van der Waals surface area contributed by atoms with Gasteiger partial charge in [-0.05, 0) is 46.2 Å². The molecule has 0 saturated heterocycles. The second-order valence-corrected chi connectivity index (χ2v) is 6.72. The molecule has 0 aliphatic rings. The van der Waals surface area contributed by atoms with Gasteiger partial charge in [-0.2, -0.15) is 0 Å². The minimum Gasteiger partial charge on any atom is -0.342 e. The summed E-state index contributed by atoms with van der Waals surface area (Å²) in [4.78, 5) is 1.37. The van der Waals surface area contributed by atoms with E-state index in [1.165, 1.54) is 25.8 Å². The number of hydrogen-bond donors (Lipinski definition) is 1. The van der Waals surface area contributed by atoms with E-state index in [9.17, 15) is 0 Å². The Morgan fingerprint density at radius 2 is 2.20 bits per heavy atom. The van der Waals surface area contributed by atoms with Crippen LogP contribution in [0.3, 0.4) is 0 Å². The molecule has 2 heterocycles. The molecule has 0 atom stereocenters. The van der Waals surface area contributed by atoms with Crippen molar-refractivity contribution >= 4 is 38.2 Å². The molecule has 2 nitrogen and oxygen atoms in total. The summed E-state index contributed by atoms with van der Waals surface area (Å²) in [5.74, 6) is 0. The number of halogens is 1. The number of nitrogens with one attached hydrogen (secondary N) is 1. The normalized spacial score (nSPS) is 11.3. The Balaban J connectivity index is 1.92. The van der Waals surface area contributed by atoms with Gasteiger partial charge >= 0.3 is 0 Å². The van der Waals surface area contributed by atoms with E-state index in [0.29, 0.717) is 0 Å². The zero-order chi connectivity index (χ0) is 13.9. The smallest absolute Gasteiger partial charge is 0.0569 e. The number of benzene rings is 1. The molecule has 0 amide bonds. The summed E-state index contributed by atoms with van der Waals surface area (Å²) in [7, 11) is 0. The third kappa shape index (κ3) is 2.82. The van der Waals surface area contributed by atoms with Gasteiger partial charge in [0.05, 0.1) is 6.54 Å². The maximum atomic E-state index is 3.52. The van der Waals surface area contributed by atoms with Crippen LogP contribution in [0, 0.1) is 0 Å². The molecule has 0 spiro atoms. The lowest BCUT2D eigenvalue weighted by Crippen LogP contribution is -2.11. The first kappa shape index (κ1) is 13.9. The van der Waals surface area contributed by atoms with Gasteiger partial charge in [-0.3, -0.25) is 0 Å². The molecule has 4 heteroatoms. The van der Waals surface area contributed by atoms with E-state index in [1.807, 2.05) is 0 Å². The molecule has 1 aromatic carbocycles. The van der Waals surface area contributed by atoms with Gasteiger partial charge in [0.25, 0.3) is 0 Å². The van der Waals surface area contributed by atoms with Crippen molar-refractivity contribution in [2.24, 2.45) is 0 Å². The highest BCUT2D eigenvalue weighted by molar-refractivity contribution is 9.10. The van der Waals surface area contributed by atoms with Crippen LogP contribution in [-0.2, 0) is 13.1 Å². The molecule has 0 fully saturated rings. The molecule has 2 aromatic heterocycles. The van der Waals surface area contributed by atoms with Crippen molar-refractivity contribution in [3.63, 3.8) is 0 Å². The third-order valence-electron chi connectivity index (χ3n) is 3.42. The fourth-order valence-corrected chi connectivity index (χ4v) is 3.89. The number of rotatable bonds is 5. The summed E-state index contributed by atoms with van der Waals surface area (Å²) in [5, 5.41) is 6.89. The van der Waals surface area contributed by atoms with Crippen LogP contribution >= 0.6 is 27.3 Å². The summed E-state index contributed by atoms with van der Waals surface area (Å²) in [6, 6.07) is 11.0. The first-order valence-corrected chi connectivity index (χ1v) is 8.45. The zero-order valence-electron chi connectivity index (χ0n) is 11.4. The van der Waals surface area contributed by atoms with Crippen LogP contribution < -0.4 is 5.32 Å². The molecular weight excluding hydrogens is 332 g/mol. The number of fused-ring (bicyclic) bond motifs is 1. The zero-order valence-corrected chi connectivity index (χ0v) is 13.8. The van der Waals surface area contributed by atoms with Gasteiger partial charge in [-0.25, -0.2) is 0 Å². The summed E-state index contributed by atoms with van der Waals surface area (Å²) >= 11 is 5.31. The second kappa shape index (κ2) is 6.12. The lowest BCUT2D eigenvalue weighted by Gasteiger charge is -2.07. The minimum atomic E-state index is 0.933. The average Bonchev–Trinajstić information content (AvgIpc) is 3.04. The lowest BCUT2D eigenvalue weighted by atomic mass is 10.1. The fraction of sp³-hybridized carbons (Fsp3) is 0.250. The molecule has 104 valence electrons. The number of aromatic nitrogens is 1. The molecular formula is C16H17BrN2S. The molecule has 1 N–H and O–H groups in total. The standard InChI is InChI=1S/C16H17BrN2S/c1-2-18-9-12-4-3-5-16-15(12)6-7-19(16)10-14-8-13(17)11-20-14/h3-8,11,18H,2,9-10H2,1H3. The van der Waals surface area contributed by atoms with E-state index >= 15 is 0 Å². The molecule has 0 bridgehead atoms. The Morgan fingerprint density at radius 3 is 2.95 bits per heavy atom. The van der Waals surface area contributed by atoms with Crippen LogP contribution in [-0.4, -0.2) is 11.1 Å². The number of nitrogens with zero attached hydrogens (tertiary/aromatic N) is 1. The Kier molecular flexibility index (Phi) is 4.24. The maximum Gasteiger partial charge on any atom is 0.0569 e. The molecule has 0 radical (unpaired) electrons. The molecule has 0 aliphatic heterocycles. The van der Waals surface area contributed by atoms with Gasteiger partial charge in [0, 0.05) is 38.4 Å². The Morgan fingerprint density at radius 1 is 1.30 bits per heavy atom. The average molecular weight is 349 g/mol. The highest BCUT2D eigenvalue weighted by atomic mass is 79.9. The monoisotopic (exact) mass is 348 g/mol. The topological polar surface area (TPSA) is 17.0 Å². The summed E-state index contributed by atoms with van der Waals surface area (Å²) in [6.45, 7) is 5.01. The van der Waals surface area contributed by atoms with E-state index in [-0.39, 0.29) is 0 Å². The third-order valence-corrected chi connectivity index (χ3v) is 5.10. The van der Waals surface area contributed by atoms with Crippen molar-refractivity contribution < 1.29 is 0 Å². The SMILES string of the molecule is CCNCc1cccc2c1ccn2Cc1cc(Br)cs1. The van der Waals surface area contributed by atoms with Crippen LogP contribution in [0.5, 0.6) is 0 Å². The van der Waals surface area contributed by atoms with Crippen LogP contribution in [0.1, 0.15) is 17.4 Å². The Bertz CT molecular complexity index is 714. The van der Waals surface area contributed by atoms with Gasteiger partial charge < -0.3 is 9.88 Å². The first-order chi connectivity index (χ1) is 9.78. The molecule has 3 aromatic rings. The van der Waals surface area contributed by atoms with Crippen molar-refractivity contribution in [2.45, 2.75) is 20.0 Å². The van der Waals surface area contributed by atoms with Crippen LogP contribution in [0.25, 0.3) is 10.9 Å². The van der Waals surface area contributed by atoms with Gasteiger partial charge in [0.1, 0.15) is 0 Å². The van der Waals surface area contributed by atoms with Crippen molar-refractivity contribution in [3.05, 3.63) is 56.8 Å². The van der Waals surface area contributed by atoms with Crippen LogP contribution in [0.2, 0.25) is 0 Å². The van der Waals surface area contributed by atoms with Gasteiger partial charge in [-0.15, -0.1) is 11.3 Å². The summed E-state index contributed by atoms with van der Waals surface area (Å²) in [5.41, 5.74) is 2.68. The van der Waals surface area contributed by atoms with E-state index in [2.05, 4.69) is 74.6 Å². The molecule has 0 saturated carbocycles. The molecule has 0 unspecified atom stereocenters. The van der Waals surface area contributed by atoms with E-state index < -0.39 is 0 Å². The van der Waals surface area contributed by atoms with Crippen LogP contribution in [0.4, 0.5) is 0 Å². The number of hydrogen-bond acceptors (Lipinski definition) is 2.